The van der Waals surface area contributed by atoms with Crippen LogP contribution in [0.25, 0.3) is 22.5 Å². The fourth-order valence-electron chi connectivity index (χ4n) is 3.32. The minimum absolute atomic E-state index is 0.469. The summed E-state index contributed by atoms with van der Waals surface area (Å²) in [7, 11) is 0. The van der Waals surface area contributed by atoms with Gasteiger partial charge in [0.1, 0.15) is 6.33 Å². The first kappa shape index (κ1) is 17.2. The number of fused-ring (bicyclic) bond motifs is 1. The standard InChI is InChI=1S/C21H18N8S/c1-2-14(1)24-19-18-20(29(13-23-18)17-7-10-30-11-17)27-21(26-19)25-15-3-5-16(6-4-15)28-9-8-22-12-28/h3-14H,1-2H2,(H2,24,25,26,27). The van der Waals surface area contributed by atoms with Crippen molar-refractivity contribution in [3.05, 3.63) is 66.1 Å². The molecule has 30 heavy (non-hydrogen) atoms. The average Bonchev–Trinajstić information content (AvgIpc) is 3.21. The lowest BCUT2D eigenvalue weighted by Crippen LogP contribution is -2.07. The van der Waals surface area contributed by atoms with Gasteiger partial charge in [-0.3, -0.25) is 4.57 Å². The van der Waals surface area contributed by atoms with Crippen molar-refractivity contribution in [3.63, 3.8) is 0 Å². The maximum absolute atomic E-state index is 4.77. The summed E-state index contributed by atoms with van der Waals surface area (Å²) in [5, 5.41) is 11.0. The van der Waals surface area contributed by atoms with Crippen LogP contribution in [0.5, 0.6) is 0 Å². The number of hydrogen-bond donors (Lipinski definition) is 2. The summed E-state index contributed by atoms with van der Waals surface area (Å²) in [4.78, 5) is 18.2. The summed E-state index contributed by atoms with van der Waals surface area (Å²) in [6.07, 6.45) is 9.59. The number of imidazole rings is 2. The Hall–Kier alpha value is -3.72. The molecule has 0 amide bonds. The van der Waals surface area contributed by atoms with Gasteiger partial charge in [0.2, 0.25) is 5.95 Å². The lowest BCUT2D eigenvalue weighted by atomic mass is 10.3. The zero-order valence-electron chi connectivity index (χ0n) is 15.9. The third-order valence-electron chi connectivity index (χ3n) is 5.02. The molecule has 1 aromatic carbocycles. The molecule has 1 aliphatic rings. The van der Waals surface area contributed by atoms with Gasteiger partial charge in [-0.15, -0.1) is 0 Å². The smallest absolute Gasteiger partial charge is 0.231 e. The molecule has 2 N–H and O–H groups in total. The topological polar surface area (TPSA) is 85.5 Å². The van der Waals surface area contributed by atoms with E-state index in [0.29, 0.717) is 12.0 Å². The van der Waals surface area contributed by atoms with Crippen molar-refractivity contribution in [2.75, 3.05) is 10.6 Å². The van der Waals surface area contributed by atoms with Gasteiger partial charge < -0.3 is 15.2 Å². The summed E-state index contributed by atoms with van der Waals surface area (Å²) in [5.74, 6) is 1.31. The van der Waals surface area contributed by atoms with Gasteiger partial charge in [0.15, 0.2) is 17.0 Å². The Kier molecular flexibility index (Phi) is 3.98. The molecule has 6 rings (SSSR count). The van der Waals surface area contributed by atoms with E-state index in [1.807, 2.05) is 51.3 Å². The lowest BCUT2D eigenvalue weighted by Gasteiger charge is -2.10. The molecule has 4 aromatic heterocycles. The molecule has 8 nitrogen and oxygen atoms in total. The predicted octanol–water partition coefficient (Wildman–Crippen LogP) is 4.38. The van der Waals surface area contributed by atoms with E-state index in [2.05, 4.69) is 32.0 Å². The van der Waals surface area contributed by atoms with Crippen molar-refractivity contribution in [1.82, 2.24) is 29.1 Å². The van der Waals surface area contributed by atoms with Gasteiger partial charge in [-0.05, 0) is 48.6 Å². The number of thiophene rings is 1. The maximum atomic E-state index is 4.77. The Balaban J connectivity index is 1.37. The first-order valence-electron chi connectivity index (χ1n) is 9.73. The zero-order chi connectivity index (χ0) is 19.9. The minimum atomic E-state index is 0.469. The Morgan fingerprint density at radius 2 is 1.90 bits per heavy atom. The van der Waals surface area contributed by atoms with Crippen LogP contribution in [0, 0.1) is 0 Å². The van der Waals surface area contributed by atoms with Crippen molar-refractivity contribution >= 4 is 40.0 Å². The second kappa shape index (κ2) is 6.96. The minimum Gasteiger partial charge on any atom is -0.365 e. The van der Waals surface area contributed by atoms with E-state index in [1.165, 1.54) is 0 Å². The molecular formula is C21H18N8S. The monoisotopic (exact) mass is 414 g/mol. The molecule has 1 saturated carbocycles. The van der Waals surface area contributed by atoms with Crippen LogP contribution in [0.4, 0.5) is 17.5 Å². The van der Waals surface area contributed by atoms with E-state index in [-0.39, 0.29) is 0 Å². The van der Waals surface area contributed by atoms with Crippen LogP contribution >= 0.6 is 11.3 Å². The van der Waals surface area contributed by atoms with Crippen LogP contribution in [-0.4, -0.2) is 35.1 Å². The summed E-state index contributed by atoms with van der Waals surface area (Å²) in [6.45, 7) is 0. The van der Waals surface area contributed by atoms with Crippen LogP contribution in [0.3, 0.4) is 0 Å². The fraction of sp³-hybridized carbons (Fsp3) is 0.143. The summed E-state index contributed by atoms with van der Waals surface area (Å²) < 4.78 is 3.96. The second-order valence-corrected chi connectivity index (χ2v) is 8.00. The van der Waals surface area contributed by atoms with Crippen LogP contribution in [0.1, 0.15) is 12.8 Å². The first-order valence-corrected chi connectivity index (χ1v) is 10.7. The van der Waals surface area contributed by atoms with Crippen LogP contribution in [0.2, 0.25) is 0 Å². The Labute approximate surface area is 176 Å². The first-order chi connectivity index (χ1) is 14.8. The number of nitrogens with one attached hydrogen (secondary N) is 2. The molecule has 0 atom stereocenters. The number of nitrogens with zero attached hydrogens (tertiary/aromatic N) is 6. The number of rotatable bonds is 6. The summed E-state index contributed by atoms with van der Waals surface area (Å²) in [5.41, 5.74) is 4.57. The average molecular weight is 414 g/mol. The van der Waals surface area contributed by atoms with Crippen LogP contribution in [0.15, 0.2) is 66.1 Å². The molecule has 0 bridgehead atoms. The molecule has 148 valence electrons. The van der Waals surface area contributed by atoms with E-state index in [1.54, 1.807) is 23.9 Å². The Morgan fingerprint density at radius 3 is 2.63 bits per heavy atom. The van der Waals surface area contributed by atoms with Crippen molar-refractivity contribution in [2.45, 2.75) is 18.9 Å². The van der Waals surface area contributed by atoms with Gasteiger partial charge in [0.05, 0.1) is 12.0 Å². The van der Waals surface area contributed by atoms with E-state index in [4.69, 9.17) is 9.97 Å². The molecule has 0 unspecified atom stereocenters. The van der Waals surface area contributed by atoms with Crippen molar-refractivity contribution < 1.29 is 0 Å². The van der Waals surface area contributed by atoms with Crippen LogP contribution in [-0.2, 0) is 0 Å². The Morgan fingerprint density at radius 1 is 1.00 bits per heavy atom. The molecule has 4 heterocycles. The van der Waals surface area contributed by atoms with Gasteiger partial charge in [-0.2, -0.15) is 21.3 Å². The molecule has 5 aromatic rings. The number of hydrogen-bond acceptors (Lipinski definition) is 7. The number of aromatic nitrogens is 6. The normalized spacial score (nSPS) is 13.6. The molecule has 1 fully saturated rings. The van der Waals surface area contributed by atoms with Gasteiger partial charge in [-0.1, -0.05) is 0 Å². The Bertz CT molecular complexity index is 1290. The predicted molar refractivity (Wildman–Crippen MR) is 118 cm³/mol. The molecule has 0 saturated heterocycles. The van der Waals surface area contributed by atoms with E-state index in [9.17, 15) is 0 Å². The van der Waals surface area contributed by atoms with Gasteiger partial charge in [0.25, 0.3) is 0 Å². The second-order valence-electron chi connectivity index (χ2n) is 7.22. The van der Waals surface area contributed by atoms with E-state index in [0.717, 1.165) is 46.9 Å². The zero-order valence-corrected chi connectivity index (χ0v) is 16.8. The molecule has 0 aliphatic heterocycles. The SMILES string of the molecule is c1cn(-c2ccc(Nc3nc(NC4CC4)c4ncn(-c5ccsc5)c4n3)cc2)cn1. The highest BCUT2D eigenvalue weighted by Crippen LogP contribution is 2.30. The third-order valence-corrected chi connectivity index (χ3v) is 5.70. The third kappa shape index (κ3) is 3.18. The molecule has 1 aliphatic carbocycles. The van der Waals surface area contributed by atoms with Crippen molar-refractivity contribution in [2.24, 2.45) is 0 Å². The van der Waals surface area contributed by atoms with Gasteiger partial charge in [0, 0.05) is 35.2 Å². The summed E-state index contributed by atoms with van der Waals surface area (Å²) in [6, 6.07) is 10.6. The largest absolute Gasteiger partial charge is 0.365 e. The van der Waals surface area contributed by atoms with E-state index >= 15 is 0 Å². The highest BCUT2D eigenvalue weighted by molar-refractivity contribution is 7.08. The van der Waals surface area contributed by atoms with Crippen LogP contribution < -0.4 is 10.6 Å². The van der Waals surface area contributed by atoms with Crippen molar-refractivity contribution in [3.8, 4) is 11.4 Å². The van der Waals surface area contributed by atoms with Gasteiger partial charge >= 0.3 is 0 Å². The molecule has 0 radical (unpaired) electrons. The van der Waals surface area contributed by atoms with Gasteiger partial charge in [-0.25, -0.2) is 9.97 Å². The van der Waals surface area contributed by atoms with Crippen molar-refractivity contribution in [1.29, 1.82) is 0 Å². The van der Waals surface area contributed by atoms with E-state index < -0.39 is 0 Å². The molecular weight excluding hydrogens is 396 g/mol. The number of anilines is 3. The quantitative estimate of drug-likeness (QED) is 0.429. The summed E-state index contributed by atoms with van der Waals surface area (Å²) >= 11 is 1.65. The molecule has 0 spiro atoms. The molecule has 9 heteroatoms. The fourth-order valence-corrected chi connectivity index (χ4v) is 3.95. The highest BCUT2D eigenvalue weighted by atomic mass is 32.1. The lowest BCUT2D eigenvalue weighted by molar-refractivity contribution is 1.05. The maximum Gasteiger partial charge on any atom is 0.231 e. The highest BCUT2D eigenvalue weighted by Gasteiger charge is 2.24. The number of benzene rings is 1.